The van der Waals surface area contributed by atoms with E-state index in [0.29, 0.717) is 23.7 Å². The molecule has 0 unspecified atom stereocenters. The molecule has 0 saturated heterocycles. The first-order valence-electron chi connectivity index (χ1n) is 7.50. The summed E-state index contributed by atoms with van der Waals surface area (Å²) in [4.78, 5) is 24.9. The molecule has 4 N–H and O–H groups in total. The Morgan fingerprint density at radius 1 is 1.43 bits per heavy atom. The quantitative estimate of drug-likeness (QED) is 0.767. The van der Waals surface area contributed by atoms with Crippen LogP contribution in [0, 0.1) is 12.8 Å². The van der Waals surface area contributed by atoms with Crippen LogP contribution in [0.15, 0.2) is 16.9 Å². The van der Waals surface area contributed by atoms with Crippen molar-refractivity contribution in [1.82, 2.24) is 20.3 Å². The van der Waals surface area contributed by atoms with Crippen molar-refractivity contribution in [2.45, 2.75) is 38.8 Å². The number of nitrogens with zero attached hydrogens (tertiary/aromatic N) is 3. The molecular formula is C15H19N5O3. The average molecular weight is 317 g/mol. The summed E-state index contributed by atoms with van der Waals surface area (Å²) in [5, 5.41) is 12.8. The number of hydrogen-bond acceptors (Lipinski definition) is 7. The van der Waals surface area contributed by atoms with Gasteiger partial charge < -0.3 is 20.6 Å². The van der Waals surface area contributed by atoms with Gasteiger partial charge in [0.25, 0.3) is 5.91 Å². The lowest BCUT2D eigenvalue weighted by molar-refractivity contribution is 0.0845. The van der Waals surface area contributed by atoms with Crippen LogP contribution in [0.2, 0.25) is 0 Å². The molecule has 1 amide bonds. The topological polar surface area (TPSA) is 127 Å². The molecule has 2 heterocycles. The molecule has 2 aromatic heterocycles. The number of aliphatic hydroxyl groups is 1. The standard InChI is InChI=1S/C15H19N5O3/c1-7-3-4-9(21)10(7)20-14(22)12-13(16)19-11(8(2)18-12)15-17-5-6-23-15/h5-7,9-10,21H,3-4H2,1-2H3,(H2,16,19)(H,20,22)/t7-,9-,10+/m1/s1. The van der Waals surface area contributed by atoms with Gasteiger partial charge in [0, 0.05) is 0 Å². The number of carbonyl (C=O) groups excluding carboxylic acids is 1. The van der Waals surface area contributed by atoms with Crippen LogP contribution >= 0.6 is 0 Å². The van der Waals surface area contributed by atoms with Gasteiger partial charge in [0.2, 0.25) is 5.89 Å². The van der Waals surface area contributed by atoms with Crippen molar-refractivity contribution in [2.75, 3.05) is 5.73 Å². The Kier molecular flexibility index (Phi) is 3.99. The largest absolute Gasteiger partial charge is 0.443 e. The number of rotatable bonds is 3. The number of oxazole rings is 1. The number of nitrogen functional groups attached to an aromatic ring is 1. The molecule has 0 aliphatic heterocycles. The second-order valence-electron chi connectivity index (χ2n) is 5.85. The number of hydrogen-bond donors (Lipinski definition) is 3. The van der Waals surface area contributed by atoms with E-state index in [1.807, 2.05) is 6.92 Å². The van der Waals surface area contributed by atoms with Crippen molar-refractivity contribution in [1.29, 1.82) is 0 Å². The predicted octanol–water partition coefficient (Wildman–Crippen LogP) is 0.911. The molecule has 3 rings (SSSR count). The molecule has 23 heavy (non-hydrogen) atoms. The van der Waals surface area contributed by atoms with Gasteiger partial charge in [-0.05, 0) is 25.7 Å². The normalized spacial score (nSPS) is 23.9. The second kappa shape index (κ2) is 5.96. The Labute approximate surface area is 133 Å². The molecule has 122 valence electrons. The number of amides is 1. The zero-order valence-electron chi connectivity index (χ0n) is 13.0. The summed E-state index contributed by atoms with van der Waals surface area (Å²) < 4.78 is 5.19. The highest BCUT2D eigenvalue weighted by molar-refractivity contribution is 5.97. The molecule has 0 spiro atoms. The molecular weight excluding hydrogens is 298 g/mol. The monoisotopic (exact) mass is 317 g/mol. The first-order chi connectivity index (χ1) is 11.0. The van der Waals surface area contributed by atoms with Gasteiger partial charge in [-0.2, -0.15) is 0 Å². The van der Waals surface area contributed by atoms with Crippen LogP contribution in [0.4, 0.5) is 5.82 Å². The maximum Gasteiger partial charge on any atom is 0.274 e. The van der Waals surface area contributed by atoms with Gasteiger partial charge in [0.05, 0.1) is 24.0 Å². The van der Waals surface area contributed by atoms with Gasteiger partial charge in [0.1, 0.15) is 12.0 Å². The first-order valence-corrected chi connectivity index (χ1v) is 7.50. The summed E-state index contributed by atoms with van der Waals surface area (Å²) in [5.41, 5.74) is 6.81. The van der Waals surface area contributed by atoms with E-state index in [1.165, 1.54) is 12.5 Å². The highest BCUT2D eigenvalue weighted by atomic mass is 16.3. The van der Waals surface area contributed by atoms with Gasteiger partial charge in [-0.25, -0.2) is 15.0 Å². The summed E-state index contributed by atoms with van der Waals surface area (Å²) in [6.45, 7) is 3.70. The van der Waals surface area contributed by atoms with E-state index in [0.717, 1.165) is 6.42 Å². The summed E-state index contributed by atoms with van der Waals surface area (Å²) in [7, 11) is 0. The Hall–Kier alpha value is -2.48. The Morgan fingerprint density at radius 2 is 2.22 bits per heavy atom. The van der Waals surface area contributed by atoms with E-state index < -0.39 is 12.0 Å². The molecule has 0 bridgehead atoms. The van der Waals surface area contributed by atoms with Crippen LogP contribution in [0.25, 0.3) is 11.6 Å². The van der Waals surface area contributed by atoms with Crippen LogP contribution < -0.4 is 11.1 Å². The fourth-order valence-electron chi connectivity index (χ4n) is 2.87. The zero-order valence-corrected chi connectivity index (χ0v) is 13.0. The van der Waals surface area contributed by atoms with E-state index in [-0.39, 0.29) is 23.5 Å². The number of aromatic nitrogens is 3. The fourth-order valence-corrected chi connectivity index (χ4v) is 2.87. The van der Waals surface area contributed by atoms with Gasteiger partial charge in [-0.3, -0.25) is 4.79 Å². The molecule has 8 heteroatoms. The smallest absolute Gasteiger partial charge is 0.274 e. The van der Waals surface area contributed by atoms with E-state index in [4.69, 9.17) is 10.2 Å². The fraction of sp³-hybridized carbons (Fsp3) is 0.467. The Bertz CT molecular complexity index is 706. The van der Waals surface area contributed by atoms with Gasteiger partial charge in [0.15, 0.2) is 11.5 Å². The maximum absolute atomic E-state index is 12.4. The third-order valence-corrected chi connectivity index (χ3v) is 4.19. The summed E-state index contributed by atoms with van der Waals surface area (Å²) >= 11 is 0. The highest BCUT2D eigenvalue weighted by Gasteiger charge is 2.34. The molecule has 1 aliphatic carbocycles. The number of aliphatic hydroxyl groups excluding tert-OH is 1. The van der Waals surface area contributed by atoms with Crippen LogP contribution in [0.1, 0.15) is 35.9 Å². The summed E-state index contributed by atoms with van der Waals surface area (Å²) in [6, 6.07) is -0.296. The lowest BCUT2D eigenvalue weighted by Crippen LogP contribution is -2.43. The van der Waals surface area contributed by atoms with Crippen LogP contribution in [-0.4, -0.2) is 38.1 Å². The van der Waals surface area contributed by atoms with Crippen molar-refractivity contribution in [3.05, 3.63) is 23.8 Å². The summed E-state index contributed by atoms with van der Waals surface area (Å²) in [5.74, 6) is 0.0700. The minimum absolute atomic E-state index is 0.00133. The van der Waals surface area contributed by atoms with Crippen molar-refractivity contribution in [3.8, 4) is 11.6 Å². The van der Waals surface area contributed by atoms with E-state index in [1.54, 1.807) is 6.92 Å². The molecule has 1 saturated carbocycles. The minimum Gasteiger partial charge on any atom is -0.443 e. The molecule has 0 aromatic carbocycles. The lowest BCUT2D eigenvalue weighted by Gasteiger charge is -2.20. The average Bonchev–Trinajstić information content (AvgIpc) is 3.14. The maximum atomic E-state index is 12.4. The van der Waals surface area contributed by atoms with E-state index >= 15 is 0 Å². The zero-order chi connectivity index (χ0) is 16.6. The third kappa shape index (κ3) is 2.89. The van der Waals surface area contributed by atoms with Gasteiger partial charge >= 0.3 is 0 Å². The predicted molar refractivity (Wildman–Crippen MR) is 82.3 cm³/mol. The number of anilines is 1. The number of carbonyl (C=O) groups is 1. The van der Waals surface area contributed by atoms with Crippen molar-refractivity contribution in [3.63, 3.8) is 0 Å². The first kappa shape index (κ1) is 15.4. The van der Waals surface area contributed by atoms with Gasteiger partial charge in [-0.15, -0.1) is 0 Å². The van der Waals surface area contributed by atoms with E-state index in [2.05, 4.69) is 20.3 Å². The highest BCUT2D eigenvalue weighted by Crippen LogP contribution is 2.26. The molecule has 1 aliphatic rings. The number of nitrogens with two attached hydrogens (primary N) is 1. The van der Waals surface area contributed by atoms with E-state index in [9.17, 15) is 9.90 Å². The number of aryl methyl sites for hydroxylation is 1. The SMILES string of the molecule is Cc1nc(C(=O)N[C@H]2[C@H](C)CC[C@H]2O)c(N)nc1-c1ncco1. The van der Waals surface area contributed by atoms with Crippen molar-refractivity contribution < 1.29 is 14.3 Å². The molecule has 0 radical (unpaired) electrons. The summed E-state index contributed by atoms with van der Waals surface area (Å²) in [6.07, 6.45) is 3.92. The van der Waals surface area contributed by atoms with Crippen LogP contribution in [0.3, 0.4) is 0 Å². The minimum atomic E-state index is -0.546. The van der Waals surface area contributed by atoms with Crippen molar-refractivity contribution >= 4 is 11.7 Å². The van der Waals surface area contributed by atoms with Crippen LogP contribution in [0.5, 0.6) is 0 Å². The molecule has 1 fully saturated rings. The second-order valence-corrected chi connectivity index (χ2v) is 5.85. The Morgan fingerprint density at radius 3 is 2.83 bits per heavy atom. The lowest BCUT2D eigenvalue weighted by atomic mass is 10.1. The molecule has 8 nitrogen and oxygen atoms in total. The molecule has 3 atom stereocenters. The third-order valence-electron chi connectivity index (χ3n) is 4.19. The van der Waals surface area contributed by atoms with Crippen molar-refractivity contribution in [2.24, 2.45) is 5.92 Å². The Balaban J connectivity index is 1.85. The number of nitrogens with one attached hydrogen (secondary N) is 1. The van der Waals surface area contributed by atoms with Crippen LogP contribution in [-0.2, 0) is 0 Å². The molecule has 2 aromatic rings. The van der Waals surface area contributed by atoms with Gasteiger partial charge in [-0.1, -0.05) is 6.92 Å².